The van der Waals surface area contributed by atoms with E-state index in [9.17, 15) is 29.1 Å². The molecule has 0 atom stereocenters. The molecule has 520 valence electrons. The molecule has 0 spiro atoms. The van der Waals surface area contributed by atoms with Crippen LogP contribution >= 0.6 is 23.2 Å². The van der Waals surface area contributed by atoms with Gasteiger partial charge in [-0.15, -0.1) is 31.3 Å². The molecule has 2 aromatic heterocycles. The molecule has 0 aliphatic carbocycles. The van der Waals surface area contributed by atoms with E-state index in [4.69, 9.17) is 77.4 Å². The van der Waals surface area contributed by atoms with E-state index in [0.717, 1.165) is 11.4 Å². The number of halogens is 2. The number of nitrogen functional groups attached to an aromatic ring is 1. The molecule has 0 aliphatic heterocycles. The summed E-state index contributed by atoms with van der Waals surface area (Å²) in [5.74, 6) is 3.18. The molecule has 0 radical (unpaired) electrons. The maximum Gasteiger partial charge on any atom is 1.00 e. The third-order valence-corrected chi connectivity index (χ3v) is 9.18. The normalized spacial score (nSPS) is 8.90. The fraction of sp³-hybridized carbons (Fsp3) is 0.342. The number of para-hydroxylation sites is 4. The molecule has 3 amide bonds. The summed E-state index contributed by atoms with van der Waals surface area (Å²) in [4.78, 5) is 55.7. The summed E-state index contributed by atoms with van der Waals surface area (Å²) >= 11 is 10.1. The molecule has 0 saturated carbocycles. The average Bonchev–Trinajstić information content (AvgIpc) is 1.80. The van der Waals surface area contributed by atoms with Crippen molar-refractivity contribution in [1.82, 2.24) is 10.3 Å². The van der Waals surface area contributed by atoms with E-state index < -0.39 is 27.9 Å². The molecular formula is C73H102Cl2N9NaO11. The first-order valence-corrected chi connectivity index (χ1v) is 31.5. The number of aryl methyl sites for hydroxylation is 2. The van der Waals surface area contributed by atoms with Crippen molar-refractivity contribution in [3.05, 3.63) is 190 Å². The maximum atomic E-state index is 11.7. The third kappa shape index (κ3) is 58.4. The number of nitriles is 3. The average molecular weight is 1380 g/mol. The van der Waals surface area contributed by atoms with Crippen molar-refractivity contribution in [3.8, 4) is 42.9 Å². The molecule has 0 saturated heterocycles. The number of nitrogens with two attached hydrogens (primary N) is 1. The van der Waals surface area contributed by atoms with Gasteiger partial charge < -0.3 is 51.2 Å². The number of allylic oxidation sites excluding steroid dienone is 4. The van der Waals surface area contributed by atoms with Gasteiger partial charge in [0.2, 0.25) is 0 Å². The Labute approximate surface area is 605 Å². The Kier molecular flexibility index (Phi) is 92.0. The van der Waals surface area contributed by atoms with Gasteiger partial charge in [0.25, 0.3) is 28.2 Å². The van der Waals surface area contributed by atoms with Gasteiger partial charge in [0.1, 0.15) is 58.1 Å². The number of aliphatic hydroxyl groups is 3. The minimum Gasteiger partial charge on any atom is -0.855 e. The Hall–Kier alpha value is -9.40. The number of nitrogens with one attached hydrogen (secondary N) is 3. The predicted molar refractivity (Wildman–Crippen MR) is 388 cm³/mol. The van der Waals surface area contributed by atoms with E-state index >= 15 is 0 Å². The molecule has 6 aromatic rings. The summed E-state index contributed by atoms with van der Waals surface area (Å²) in [5, 5.41) is 75.6. The van der Waals surface area contributed by atoms with Crippen molar-refractivity contribution in [1.29, 1.82) is 15.8 Å². The van der Waals surface area contributed by atoms with Crippen molar-refractivity contribution in [2.75, 3.05) is 28.3 Å². The Balaban J connectivity index is -0.000000111. The predicted octanol–water partition coefficient (Wildman–Crippen LogP) is 15.3. The molecule has 20 nitrogen and oxygen atoms in total. The summed E-state index contributed by atoms with van der Waals surface area (Å²) in [6, 6.07) is 40.9. The second kappa shape index (κ2) is 81.7. The van der Waals surface area contributed by atoms with Crippen LogP contribution in [0, 0.1) is 72.5 Å². The Morgan fingerprint density at radius 2 is 0.802 bits per heavy atom. The standard InChI is InChI=1S/C14H12N2O2.2C11H10N2O2.C8H6ClNO2.C6H7N.C5H4ClNO2.C2H5O.8C2H6.Na/c1-2-3-9-13(17)12(10-15)14(18)16-11-7-5-4-6-8-11;1-8-10(7-12-15-8)11(14)13-9-5-3-2-4-6-9;1-8(14)10(7-12)11(15)13-9-5-3-2-4-6-9;1-2-3-4-7(11)6(5-10)8(9)12;7-6-4-2-1-3-5-6;1-3-4(5(6)8)2-7-9-3;1-2-3;8*1-2;/h1,4-8,17H,3,9H2,(H,16,18);2-7H,1H3,(H,13,14);2-6,14H,1H3,(H,13,15);1,11H,3-4H2;1-5H,7H2;2H,1H3;2H2,1H3;8*1-2H3;/q;;;;;;-1;;;;;;;;;+1/b13-12-;;10-8-;7-6-;;;;;;;;;;;;. The zero-order chi connectivity index (χ0) is 75.5. The van der Waals surface area contributed by atoms with E-state index in [-0.39, 0.29) is 96.2 Å². The van der Waals surface area contributed by atoms with Crippen molar-refractivity contribution in [3.63, 3.8) is 0 Å². The van der Waals surface area contributed by atoms with Gasteiger partial charge in [-0.05, 0) is 92.5 Å². The number of anilines is 4. The number of hydrogen-bond donors (Lipinski definition) is 7. The minimum absolute atomic E-state index is 0. The largest absolute Gasteiger partial charge is 1.00 e. The quantitative estimate of drug-likeness (QED) is 0.0114. The number of carbonyl (C=O) groups excluding carboxylic acids is 5. The van der Waals surface area contributed by atoms with E-state index in [1.807, 2.05) is 178 Å². The summed E-state index contributed by atoms with van der Waals surface area (Å²) < 4.78 is 9.38. The number of carbonyl (C=O) groups is 5. The smallest absolute Gasteiger partial charge is 0.855 e. The minimum atomic E-state index is -0.966. The number of nitrogens with zero attached hydrogens (tertiary/aromatic N) is 5. The zero-order valence-electron chi connectivity index (χ0n) is 60.1. The molecular weight excluding hydrogens is 1270 g/mol. The zero-order valence-corrected chi connectivity index (χ0v) is 63.6. The van der Waals surface area contributed by atoms with Crippen molar-refractivity contribution in [2.24, 2.45) is 0 Å². The Bertz CT molecular complexity index is 3190. The van der Waals surface area contributed by atoms with Gasteiger partial charge in [0, 0.05) is 48.4 Å². The van der Waals surface area contributed by atoms with Crippen LogP contribution < -0.4 is 56.3 Å². The Morgan fingerprint density at radius 1 is 0.521 bits per heavy atom. The van der Waals surface area contributed by atoms with Gasteiger partial charge in [0.05, 0.1) is 18.0 Å². The van der Waals surface area contributed by atoms with E-state index in [1.165, 1.54) is 25.4 Å². The second-order valence-corrected chi connectivity index (χ2v) is 15.3. The number of benzene rings is 4. The first-order chi connectivity index (χ1) is 45.8. The van der Waals surface area contributed by atoms with E-state index in [2.05, 4.69) is 42.6 Å². The summed E-state index contributed by atoms with van der Waals surface area (Å²) in [7, 11) is 0. The number of terminal acetylenes is 2. The Morgan fingerprint density at radius 3 is 1.03 bits per heavy atom. The molecule has 0 bridgehead atoms. The van der Waals surface area contributed by atoms with Gasteiger partial charge >= 0.3 is 29.6 Å². The first kappa shape index (κ1) is 108. The van der Waals surface area contributed by atoms with Gasteiger partial charge in [-0.25, -0.2) is 0 Å². The number of aliphatic hydroxyl groups excluding tert-OH is 3. The number of hydrogen-bond acceptors (Lipinski definition) is 17. The molecule has 0 fully saturated rings. The van der Waals surface area contributed by atoms with Crippen LogP contribution in [0.3, 0.4) is 0 Å². The first-order valence-electron chi connectivity index (χ1n) is 30.8. The van der Waals surface area contributed by atoms with Crippen LogP contribution in [0.25, 0.3) is 0 Å². The van der Waals surface area contributed by atoms with Crippen LogP contribution in [-0.4, -0.2) is 60.4 Å². The van der Waals surface area contributed by atoms with Gasteiger partial charge in [-0.1, -0.05) is 201 Å². The van der Waals surface area contributed by atoms with Crippen LogP contribution in [0.2, 0.25) is 0 Å². The molecule has 96 heavy (non-hydrogen) atoms. The molecule has 0 aliphatic rings. The summed E-state index contributed by atoms with van der Waals surface area (Å²) in [5.41, 5.74) is 7.83. The number of amides is 3. The fourth-order valence-electron chi connectivity index (χ4n) is 5.00. The maximum absolute atomic E-state index is 11.7. The van der Waals surface area contributed by atoms with E-state index in [0.29, 0.717) is 34.0 Å². The van der Waals surface area contributed by atoms with Gasteiger partial charge in [-0.3, -0.25) is 24.0 Å². The second-order valence-electron chi connectivity index (χ2n) is 14.6. The van der Waals surface area contributed by atoms with Gasteiger partial charge in [-0.2, -0.15) is 15.8 Å². The molecule has 4 aromatic carbocycles. The SMILES string of the molecule is C#CCC/C(O)=C(\C#N)C(=O)Cl.C#CCC/C(O)=C(\C#N)C(=O)Nc1ccccc1.C/C(O)=C(\C#N)C(=O)Nc1ccccc1.CC.CC.CC.CC.CC.CC.CC.CC.CC[O-].Cc1oncc1C(=O)Cl.Cc1oncc1C(=O)Nc1ccccc1.Nc1ccccc1.[Na+]. The van der Waals surface area contributed by atoms with Crippen LogP contribution in [-0.2, 0) is 14.4 Å². The monoisotopic (exact) mass is 1370 g/mol. The third-order valence-electron chi connectivity index (χ3n) is 8.79. The van der Waals surface area contributed by atoms with Crippen LogP contribution in [0.1, 0.15) is 183 Å². The van der Waals surface area contributed by atoms with Gasteiger partial charge in [0.15, 0.2) is 11.1 Å². The van der Waals surface area contributed by atoms with Crippen molar-refractivity contribution < 1.29 is 83.0 Å². The summed E-state index contributed by atoms with van der Waals surface area (Å²) in [6.45, 7) is 38.2. The van der Waals surface area contributed by atoms with Crippen molar-refractivity contribution >= 4 is 74.2 Å². The molecule has 6 rings (SSSR count). The van der Waals surface area contributed by atoms with Crippen LogP contribution in [0.4, 0.5) is 22.7 Å². The topological polar surface area (TPSA) is 355 Å². The van der Waals surface area contributed by atoms with E-state index in [1.54, 1.807) is 87.5 Å². The molecule has 23 heteroatoms. The number of aromatic nitrogens is 2. The van der Waals surface area contributed by atoms with Crippen LogP contribution in [0.15, 0.2) is 177 Å². The summed E-state index contributed by atoms with van der Waals surface area (Å²) in [6.07, 6.45) is 13.4. The number of rotatable bonds is 12. The molecule has 0 unspecified atom stereocenters. The fourth-order valence-corrected chi connectivity index (χ4v) is 5.34. The van der Waals surface area contributed by atoms with Crippen molar-refractivity contribution in [2.45, 2.75) is 164 Å². The molecule has 8 N–H and O–H groups in total. The molecule has 2 heterocycles. The van der Waals surface area contributed by atoms with Crippen LogP contribution in [0.5, 0.6) is 0 Å².